The molecule has 0 saturated carbocycles. The molecule has 1 aromatic carbocycles. The van der Waals surface area contributed by atoms with Gasteiger partial charge in [-0.2, -0.15) is 0 Å². The van der Waals surface area contributed by atoms with Gasteiger partial charge in [-0.3, -0.25) is 9.59 Å². The number of carboxylic acids is 2. The molecule has 0 spiro atoms. The van der Waals surface area contributed by atoms with Gasteiger partial charge in [-0.25, -0.2) is 9.59 Å². The summed E-state index contributed by atoms with van der Waals surface area (Å²) in [6.07, 6.45) is 0. The van der Waals surface area contributed by atoms with E-state index in [1.54, 1.807) is 30.3 Å². The van der Waals surface area contributed by atoms with Gasteiger partial charge < -0.3 is 15.1 Å². The zero-order valence-electron chi connectivity index (χ0n) is 11.1. The fourth-order valence-corrected chi connectivity index (χ4v) is 2.60. The SMILES string of the molecule is CC(=O)C1C(=O)N(Cc2ccccc2)C1(C(=O)O)C(=O)O. The number of hydrogen-bond donors (Lipinski definition) is 2. The van der Waals surface area contributed by atoms with Crippen molar-refractivity contribution in [3.05, 3.63) is 35.9 Å². The van der Waals surface area contributed by atoms with Crippen LogP contribution in [0.3, 0.4) is 0 Å². The van der Waals surface area contributed by atoms with E-state index in [9.17, 15) is 29.4 Å². The number of carbonyl (C=O) groups is 4. The molecule has 110 valence electrons. The van der Waals surface area contributed by atoms with Gasteiger partial charge in [0.1, 0.15) is 11.7 Å². The molecular weight excluding hydrogens is 278 g/mol. The molecule has 0 radical (unpaired) electrons. The number of Topliss-reactive ketones (excluding diaryl/α,β-unsaturated/α-hetero) is 1. The number of β-lactam (4-membered cyclic amide) rings is 1. The molecule has 7 nitrogen and oxygen atoms in total. The predicted octanol–water partition coefficient (Wildman–Crippen LogP) is 0.142. The average molecular weight is 291 g/mol. The number of nitrogens with zero attached hydrogens (tertiary/aromatic N) is 1. The lowest BCUT2D eigenvalue weighted by atomic mass is 9.70. The zero-order valence-corrected chi connectivity index (χ0v) is 11.1. The van der Waals surface area contributed by atoms with Crippen LogP contribution in [0, 0.1) is 5.92 Å². The lowest BCUT2D eigenvalue weighted by molar-refractivity contribution is -0.200. The van der Waals surface area contributed by atoms with E-state index in [0.29, 0.717) is 5.56 Å². The number of carboxylic acid groups (broad SMARTS) is 2. The number of benzene rings is 1. The van der Waals surface area contributed by atoms with Gasteiger partial charge in [0.15, 0.2) is 0 Å². The molecule has 1 fully saturated rings. The Labute approximate surface area is 119 Å². The van der Waals surface area contributed by atoms with E-state index in [2.05, 4.69) is 0 Å². The summed E-state index contributed by atoms with van der Waals surface area (Å²) in [6.45, 7) is 0.838. The van der Waals surface area contributed by atoms with Crippen LogP contribution in [-0.2, 0) is 25.7 Å². The van der Waals surface area contributed by atoms with Crippen molar-refractivity contribution in [3.63, 3.8) is 0 Å². The van der Waals surface area contributed by atoms with Crippen LogP contribution in [-0.4, -0.2) is 44.3 Å². The molecule has 1 heterocycles. The maximum Gasteiger partial charge on any atom is 0.342 e. The molecule has 2 N–H and O–H groups in total. The van der Waals surface area contributed by atoms with E-state index < -0.39 is 35.1 Å². The highest BCUT2D eigenvalue weighted by atomic mass is 16.4. The smallest absolute Gasteiger partial charge is 0.342 e. The van der Waals surface area contributed by atoms with Crippen molar-refractivity contribution in [2.45, 2.75) is 19.0 Å². The van der Waals surface area contributed by atoms with E-state index in [1.807, 2.05) is 0 Å². The van der Waals surface area contributed by atoms with Crippen molar-refractivity contribution in [1.29, 1.82) is 0 Å². The van der Waals surface area contributed by atoms with Crippen molar-refractivity contribution in [2.75, 3.05) is 0 Å². The lowest BCUT2D eigenvalue weighted by Crippen LogP contribution is -2.79. The number of likely N-dealkylation sites (tertiary alicyclic amines) is 1. The zero-order chi connectivity index (χ0) is 15.8. The Balaban J connectivity index is 2.44. The molecule has 1 atom stereocenters. The third-order valence-electron chi connectivity index (χ3n) is 3.60. The average Bonchev–Trinajstić information content (AvgIpc) is 2.41. The van der Waals surface area contributed by atoms with Crippen LogP contribution in [0.1, 0.15) is 12.5 Å². The molecule has 1 unspecified atom stereocenters. The fraction of sp³-hybridized carbons (Fsp3) is 0.286. The summed E-state index contributed by atoms with van der Waals surface area (Å²) in [5, 5.41) is 18.6. The normalized spacial score (nSPS) is 19.8. The van der Waals surface area contributed by atoms with Gasteiger partial charge >= 0.3 is 11.9 Å². The van der Waals surface area contributed by atoms with Crippen LogP contribution < -0.4 is 0 Å². The highest BCUT2D eigenvalue weighted by molar-refractivity contribution is 6.23. The molecule has 0 aliphatic carbocycles. The van der Waals surface area contributed by atoms with Crippen LogP contribution in [0.5, 0.6) is 0 Å². The topological polar surface area (TPSA) is 112 Å². The van der Waals surface area contributed by atoms with E-state index in [-0.39, 0.29) is 6.54 Å². The second-order valence-electron chi connectivity index (χ2n) is 4.83. The van der Waals surface area contributed by atoms with Crippen LogP contribution in [0.2, 0.25) is 0 Å². The molecule has 1 aromatic rings. The Kier molecular flexibility index (Phi) is 3.51. The standard InChI is InChI=1S/C14H13NO6/c1-8(16)10-11(17)15(7-9-5-3-2-4-6-9)14(10,12(18)19)13(20)21/h2-6,10H,7H2,1H3,(H,18,19)(H,20,21). The number of rotatable bonds is 5. The van der Waals surface area contributed by atoms with Crippen LogP contribution in [0.4, 0.5) is 0 Å². The first-order valence-electron chi connectivity index (χ1n) is 6.16. The lowest BCUT2D eigenvalue weighted by Gasteiger charge is -2.50. The highest BCUT2D eigenvalue weighted by Gasteiger charge is 2.72. The van der Waals surface area contributed by atoms with E-state index in [1.165, 1.54) is 0 Å². The summed E-state index contributed by atoms with van der Waals surface area (Å²) in [4.78, 5) is 47.2. The number of carbonyl (C=O) groups excluding carboxylic acids is 2. The van der Waals surface area contributed by atoms with Crippen molar-refractivity contribution >= 4 is 23.6 Å². The van der Waals surface area contributed by atoms with Gasteiger partial charge in [-0.05, 0) is 12.5 Å². The molecule has 1 aliphatic heterocycles. The Bertz CT molecular complexity index is 610. The van der Waals surface area contributed by atoms with Crippen LogP contribution >= 0.6 is 0 Å². The van der Waals surface area contributed by atoms with E-state index in [0.717, 1.165) is 11.8 Å². The minimum atomic E-state index is -2.53. The number of aliphatic carboxylic acids is 2. The summed E-state index contributed by atoms with van der Waals surface area (Å²) in [5.74, 6) is -6.67. The highest BCUT2D eigenvalue weighted by Crippen LogP contribution is 2.40. The van der Waals surface area contributed by atoms with Crippen LogP contribution in [0.25, 0.3) is 0 Å². The summed E-state index contributed by atoms with van der Waals surface area (Å²) in [6, 6.07) is 8.39. The third-order valence-corrected chi connectivity index (χ3v) is 3.60. The number of ketones is 1. The van der Waals surface area contributed by atoms with Gasteiger partial charge in [0.2, 0.25) is 5.91 Å². The maximum atomic E-state index is 12.0. The predicted molar refractivity (Wildman–Crippen MR) is 69.2 cm³/mol. The van der Waals surface area contributed by atoms with Gasteiger partial charge in [0.05, 0.1) is 0 Å². The Morgan fingerprint density at radius 1 is 1.14 bits per heavy atom. The molecule has 2 rings (SSSR count). The molecule has 1 saturated heterocycles. The largest absolute Gasteiger partial charge is 0.479 e. The van der Waals surface area contributed by atoms with E-state index >= 15 is 0 Å². The summed E-state index contributed by atoms with van der Waals surface area (Å²) < 4.78 is 0. The van der Waals surface area contributed by atoms with Crippen molar-refractivity contribution in [2.24, 2.45) is 5.92 Å². The van der Waals surface area contributed by atoms with Gasteiger partial charge in [-0.15, -0.1) is 0 Å². The first kappa shape index (κ1) is 14.7. The Hall–Kier alpha value is -2.70. The first-order chi connectivity index (χ1) is 9.83. The van der Waals surface area contributed by atoms with Gasteiger partial charge in [-0.1, -0.05) is 30.3 Å². The quantitative estimate of drug-likeness (QED) is 0.589. The molecule has 0 bridgehead atoms. The summed E-state index contributed by atoms with van der Waals surface area (Å²) in [5.41, 5.74) is -1.95. The number of hydrogen-bond acceptors (Lipinski definition) is 4. The Morgan fingerprint density at radius 2 is 1.67 bits per heavy atom. The van der Waals surface area contributed by atoms with Gasteiger partial charge in [0.25, 0.3) is 5.54 Å². The minimum Gasteiger partial charge on any atom is -0.479 e. The van der Waals surface area contributed by atoms with Crippen LogP contribution in [0.15, 0.2) is 30.3 Å². The molecule has 0 aromatic heterocycles. The molecular formula is C14H13NO6. The maximum absolute atomic E-state index is 12.0. The monoisotopic (exact) mass is 291 g/mol. The molecule has 21 heavy (non-hydrogen) atoms. The second kappa shape index (κ2) is 5.01. The first-order valence-corrected chi connectivity index (χ1v) is 6.16. The summed E-state index contributed by atoms with van der Waals surface area (Å²) >= 11 is 0. The Morgan fingerprint density at radius 3 is 2.10 bits per heavy atom. The second-order valence-corrected chi connectivity index (χ2v) is 4.83. The molecule has 1 aliphatic rings. The van der Waals surface area contributed by atoms with Crippen molar-refractivity contribution in [1.82, 2.24) is 4.90 Å². The van der Waals surface area contributed by atoms with Crippen molar-refractivity contribution < 1.29 is 29.4 Å². The number of amides is 1. The summed E-state index contributed by atoms with van der Waals surface area (Å²) in [7, 11) is 0. The van der Waals surface area contributed by atoms with Gasteiger partial charge in [0, 0.05) is 6.54 Å². The van der Waals surface area contributed by atoms with Crippen molar-refractivity contribution in [3.8, 4) is 0 Å². The fourth-order valence-electron chi connectivity index (χ4n) is 2.60. The molecule has 7 heteroatoms. The minimum absolute atomic E-state index is 0.179. The van der Waals surface area contributed by atoms with E-state index in [4.69, 9.17) is 0 Å². The molecule has 1 amide bonds. The third kappa shape index (κ3) is 1.97.